The van der Waals surface area contributed by atoms with Gasteiger partial charge in [0.2, 0.25) is 0 Å². The molecule has 0 saturated heterocycles. The van der Waals surface area contributed by atoms with Crippen LogP contribution in [-0.4, -0.2) is 53.8 Å². The summed E-state index contributed by atoms with van der Waals surface area (Å²) in [6, 6.07) is 23.5. The number of hydrogen-bond donors (Lipinski definition) is 0. The summed E-state index contributed by atoms with van der Waals surface area (Å²) in [5, 5.41) is 0. The molecule has 3 heterocycles. The lowest BCUT2D eigenvalue weighted by molar-refractivity contribution is 0.0517. The molecule has 9 nitrogen and oxygen atoms in total. The van der Waals surface area contributed by atoms with E-state index >= 15 is 0 Å². The van der Waals surface area contributed by atoms with Crippen molar-refractivity contribution in [2.75, 3.05) is 27.3 Å². The van der Waals surface area contributed by atoms with E-state index in [1.165, 1.54) is 12.1 Å². The van der Waals surface area contributed by atoms with Gasteiger partial charge in [0.25, 0.3) is 5.56 Å². The first-order chi connectivity index (χ1) is 22.8. The first kappa shape index (κ1) is 31.7. The molecule has 1 aliphatic rings. The lowest BCUT2D eigenvalue weighted by Crippen LogP contribution is -2.42. The molecular formula is C37H36FN3O6. The molecule has 0 unspecified atom stereocenters. The molecule has 0 spiro atoms. The molecule has 1 atom stereocenters. The number of pyridine rings is 2. The smallest absolute Gasteiger partial charge is 0.347 e. The highest BCUT2D eigenvalue weighted by Crippen LogP contribution is 2.39. The maximum atomic E-state index is 14.3. The summed E-state index contributed by atoms with van der Waals surface area (Å²) < 4.78 is 38.8. The Bertz CT molecular complexity index is 1930. The van der Waals surface area contributed by atoms with Gasteiger partial charge in [0.1, 0.15) is 35.3 Å². The maximum Gasteiger partial charge on any atom is 0.347 e. The number of rotatable bonds is 12. The Morgan fingerprint density at radius 2 is 1.74 bits per heavy atom. The van der Waals surface area contributed by atoms with Crippen molar-refractivity contribution < 1.29 is 28.1 Å². The van der Waals surface area contributed by atoms with E-state index in [0.29, 0.717) is 36.3 Å². The van der Waals surface area contributed by atoms with Crippen molar-refractivity contribution in [3.63, 3.8) is 0 Å². The predicted octanol–water partition coefficient (Wildman–Crippen LogP) is 5.78. The van der Waals surface area contributed by atoms with Crippen molar-refractivity contribution in [3.8, 4) is 17.2 Å². The van der Waals surface area contributed by atoms with Gasteiger partial charge in [-0.25, -0.2) is 9.18 Å². The van der Waals surface area contributed by atoms with Gasteiger partial charge in [-0.1, -0.05) is 54.6 Å². The molecule has 0 amide bonds. The van der Waals surface area contributed by atoms with Gasteiger partial charge in [0.15, 0.2) is 17.1 Å². The Hall–Kier alpha value is -5.22. The minimum atomic E-state index is -0.774. The van der Waals surface area contributed by atoms with Gasteiger partial charge in [-0.2, -0.15) is 0 Å². The zero-order chi connectivity index (χ0) is 32.9. The first-order valence-corrected chi connectivity index (χ1v) is 15.5. The van der Waals surface area contributed by atoms with E-state index < -0.39 is 17.6 Å². The number of hydrogen-bond acceptors (Lipinski definition) is 8. The van der Waals surface area contributed by atoms with Crippen molar-refractivity contribution in [1.82, 2.24) is 14.5 Å². The molecule has 10 heteroatoms. The first-order valence-electron chi connectivity index (χ1n) is 15.5. The zero-order valence-electron chi connectivity index (χ0n) is 26.6. The summed E-state index contributed by atoms with van der Waals surface area (Å²) in [5.74, 6) is 0.207. The summed E-state index contributed by atoms with van der Waals surface area (Å²) in [7, 11) is 3.62. The number of nitrogens with zero attached hydrogens (tertiary/aromatic N) is 3. The molecule has 3 aromatic carbocycles. The minimum absolute atomic E-state index is 0.0526. The molecule has 2 aromatic heterocycles. The van der Waals surface area contributed by atoms with Gasteiger partial charge in [0.05, 0.1) is 20.3 Å². The third-order valence-electron chi connectivity index (χ3n) is 8.06. The van der Waals surface area contributed by atoms with Crippen LogP contribution in [-0.2, 0) is 30.9 Å². The van der Waals surface area contributed by atoms with E-state index in [4.69, 9.17) is 23.9 Å². The van der Waals surface area contributed by atoms with Gasteiger partial charge < -0.3 is 18.9 Å². The van der Waals surface area contributed by atoms with Crippen molar-refractivity contribution in [2.24, 2.45) is 0 Å². The van der Waals surface area contributed by atoms with E-state index in [1.807, 2.05) is 61.6 Å². The largest absolute Gasteiger partial charge is 0.497 e. The second-order valence-electron chi connectivity index (χ2n) is 11.5. The Morgan fingerprint density at radius 1 is 1.02 bits per heavy atom. The number of carbonyl (C=O) groups excluding carboxylic acids is 1. The van der Waals surface area contributed by atoms with E-state index in [1.54, 1.807) is 36.9 Å². The molecule has 0 N–H and O–H groups in total. The Balaban J connectivity index is 1.42. The van der Waals surface area contributed by atoms with Crippen molar-refractivity contribution in [1.29, 1.82) is 0 Å². The molecule has 47 heavy (non-hydrogen) atoms. The number of methoxy groups -OCH3 is 1. The van der Waals surface area contributed by atoms with Gasteiger partial charge in [0, 0.05) is 31.3 Å². The average Bonchev–Trinajstić information content (AvgIpc) is 3.08. The summed E-state index contributed by atoms with van der Waals surface area (Å²) in [4.78, 5) is 34.5. The fraction of sp³-hybridized carbons (Fsp3) is 0.270. The van der Waals surface area contributed by atoms with Crippen molar-refractivity contribution >= 4 is 17.0 Å². The predicted molar refractivity (Wildman–Crippen MR) is 176 cm³/mol. The third kappa shape index (κ3) is 6.97. The van der Waals surface area contributed by atoms with Gasteiger partial charge in [-0.15, -0.1) is 0 Å². The van der Waals surface area contributed by atoms with Crippen molar-refractivity contribution in [3.05, 3.63) is 129 Å². The van der Waals surface area contributed by atoms with E-state index in [2.05, 4.69) is 4.90 Å². The van der Waals surface area contributed by atoms with E-state index in [9.17, 15) is 14.0 Å². The number of carbonyl (C=O) groups is 1. The molecule has 0 fully saturated rings. The van der Waals surface area contributed by atoms with Gasteiger partial charge in [-0.3, -0.25) is 19.2 Å². The topological polar surface area (TPSA) is 92.1 Å². The number of benzene rings is 3. The van der Waals surface area contributed by atoms with Crippen LogP contribution in [0.5, 0.6) is 17.2 Å². The third-order valence-corrected chi connectivity index (χ3v) is 8.06. The van der Waals surface area contributed by atoms with Gasteiger partial charge in [-0.05, 0) is 54.9 Å². The molecule has 0 aliphatic carbocycles. The van der Waals surface area contributed by atoms with Crippen LogP contribution in [0.25, 0.3) is 11.0 Å². The monoisotopic (exact) mass is 637 g/mol. The SMILES string of the molecule is CCOC(=O)c1c(OCc2ccccc2)c2ncc(Cc3ccc(F)cc3)c3c2n(c1=O)C[C@@H](CN(C)Cc1ccc(OC)cc1)O3. The normalized spacial score (nSPS) is 13.8. The van der Waals surface area contributed by atoms with Crippen LogP contribution in [0.3, 0.4) is 0 Å². The molecule has 6 rings (SSSR count). The number of esters is 1. The van der Waals surface area contributed by atoms with Gasteiger partial charge >= 0.3 is 5.97 Å². The van der Waals surface area contributed by atoms with Crippen LogP contribution in [0.4, 0.5) is 4.39 Å². The molecule has 0 radical (unpaired) electrons. The highest BCUT2D eigenvalue weighted by atomic mass is 19.1. The summed E-state index contributed by atoms with van der Waals surface area (Å²) in [6.07, 6.45) is 1.62. The quantitative estimate of drug-likeness (QED) is 0.159. The zero-order valence-corrected chi connectivity index (χ0v) is 26.6. The lowest BCUT2D eigenvalue weighted by Gasteiger charge is -2.32. The van der Waals surface area contributed by atoms with Crippen LogP contribution in [0, 0.1) is 5.82 Å². The standard InChI is InChI=1S/C37H36FN3O6/c1-4-45-37(43)31-35(46-23-26-8-6-5-7-9-26)32-33-34(27(19-39-32)18-24-10-14-28(38)15-11-24)47-30(22-41(33)36(31)42)21-40(2)20-25-12-16-29(44-3)17-13-25/h5-17,19,30H,4,18,20-23H2,1-3H3/t30-/m1/s1. The Labute approximate surface area is 272 Å². The van der Waals surface area contributed by atoms with E-state index in [-0.39, 0.29) is 36.9 Å². The number of halogens is 1. The Morgan fingerprint density at radius 3 is 2.45 bits per heavy atom. The molecule has 0 saturated carbocycles. The molecule has 5 aromatic rings. The average molecular weight is 638 g/mol. The Kier molecular flexibility index (Phi) is 9.49. The highest BCUT2D eigenvalue weighted by Gasteiger charge is 2.33. The number of ether oxygens (including phenoxy) is 4. The fourth-order valence-electron chi connectivity index (χ4n) is 5.86. The van der Waals surface area contributed by atoms with Crippen LogP contribution >= 0.6 is 0 Å². The molecule has 1 aliphatic heterocycles. The maximum absolute atomic E-state index is 14.3. The van der Waals surface area contributed by atoms with Crippen LogP contribution in [0.2, 0.25) is 0 Å². The second kappa shape index (κ2) is 14.0. The van der Waals surface area contributed by atoms with Crippen LogP contribution in [0.15, 0.2) is 89.9 Å². The van der Waals surface area contributed by atoms with Crippen LogP contribution in [0.1, 0.15) is 39.5 Å². The molecular weight excluding hydrogens is 601 g/mol. The number of likely N-dealkylation sites (N-methyl/N-ethyl adjacent to an activating group) is 1. The second-order valence-corrected chi connectivity index (χ2v) is 11.5. The van der Waals surface area contributed by atoms with E-state index in [0.717, 1.165) is 28.0 Å². The van der Waals surface area contributed by atoms with Crippen molar-refractivity contribution in [2.45, 2.75) is 39.1 Å². The number of aromatic nitrogens is 2. The lowest BCUT2D eigenvalue weighted by atomic mass is 10.0. The molecule has 0 bridgehead atoms. The summed E-state index contributed by atoms with van der Waals surface area (Å²) in [6.45, 7) is 3.19. The molecule has 242 valence electrons. The minimum Gasteiger partial charge on any atom is -0.497 e. The highest BCUT2D eigenvalue weighted by molar-refractivity contribution is 6.00. The summed E-state index contributed by atoms with van der Waals surface area (Å²) >= 11 is 0. The summed E-state index contributed by atoms with van der Waals surface area (Å²) in [5.41, 5.74) is 3.55. The fourth-order valence-corrected chi connectivity index (χ4v) is 5.86. The van der Waals surface area contributed by atoms with Crippen LogP contribution < -0.4 is 19.8 Å².